The summed E-state index contributed by atoms with van der Waals surface area (Å²) in [6.07, 6.45) is 2.96. The normalized spacial score (nSPS) is 10.4. The minimum absolute atomic E-state index is 0.253. The fourth-order valence-electron chi connectivity index (χ4n) is 0.984. The van der Waals surface area contributed by atoms with Crippen molar-refractivity contribution in [1.29, 1.82) is 0 Å². The number of nitrogens with zero attached hydrogens (tertiary/aromatic N) is 2. The minimum atomic E-state index is -0.253. The average Bonchev–Trinajstić information content (AvgIpc) is 2.07. The van der Waals surface area contributed by atoms with E-state index in [4.69, 9.17) is 11.6 Å². The lowest BCUT2D eigenvalue weighted by molar-refractivity contribution is 1.01. The van der Waals surface area contributed by atoms with Crippen molar-refractivity contribution in [3.05, 3.63) is 34.0 Å². The Labute approximate surface area is 72.2 Å². The van der Waals surface area contributed by atoms with Gasteiger partial charge in [0, 0.05) is 11.6 Å². The van der Waals surface area contributed by atoms with Gasteiger partial charge in [0.15, 0.2) is 0 Å². The molecular weight excluding hydrogens is 178 g/mol. The largest absolute Gasteiger partial charge is 0.272 e. The second kappa shape index (κ2) is 2.57. The summed E-state index contributed by atoms with van der Waals surface area (Å²) >= 11 is 5.73. The molecule has 0 saturated carbocycles. The van der Waals surface area contributed by atoms with Crippen molar-refractivity contribution in [3.63, 3.8) is 0 Å². The van der Waals surface area contributed by atoms with Crippen LogP contribution in [-0.4, -0.2) is 15.2 Å². The van der Waals surface area contributed by atoms with Crippen LogP contribution >= 0.6 is 11.6 Å². The van der Waals surface area contributed by atoms with Crippen LogP contribution in [0.15, 0.2) is 23.3 Å². The Morgan fingerprint density at radius 1 is 1.42 bits per heavy atom. The first-order valence-corrected chi connectivity index (χ1v) is 3.65. The number of nitrogens with one attached hydrogen (secondary N) is 1. The highest BCUT2D eigenvalue weighted by Gasteiger charge is 2.01. The Bertz CT molecular complexity index is 479. The molecule has 0 saturated heterocycles. The maximum Gasteiger partial charge on any atom is 0.272 e. The van der Waals surface area contributed by atoms with Crippen molar-refractivity contribution in [2.45, 2.75) is 0 Å². The predicted octanol–water partition coefficient (Wildman–Crippen LogP) is 0.971. The summed E-state index contributed by atoms with van der Waals surface area (Å²) in [6, 6.07) is 1.60. The van der Waals surface area contributed by atoms with Gasteiger partial charge in [-0.15, -0.1) is 0 Å². The van der Waals surface area contributed by atoms with E-state index >= 15 is 0 Å². The molecular formula is C7H4ClN3O. The Balaban J connectivity index is 3.05. The fourth-order valence-corrected chi connectivity index (χ4v) is 1.19. The number of halogens is 1. The van der Waals surface area contributed by atoms with Gasteiger partial charge in [0.1, 0.15) is 5.15 Å². The first kappa shape index (κ1) is 7.24. The highest BCUT2D eigenvalue weighted by atomic mass is 35.5. The van der Waals surface area contributed by atoms with Gasteiger partial charge in [-0.1, -0.05) is 11.6 Å². The maximum atomic E-state index is 11.1. The third-order valence-electron chi connectivity index (χ3n) is 1.55. The molecule has 2 aromatic rings. The molecule has 0 fully saturated rings. The van der Waals surface area contributed by atoms with E-state index in [1.165, 1.54) is 12.4 Å². The summed E-state index contributed by atoms with van der Waals surface area (Å²) in [5.41, 5.74) is -0.253. The van der Waals surface area contributed by atoms with Crippen molar-refractivity contribution in [3.8, 4) is 0 Å². The van der Waals surface area contributed by atoms with Gasteiger partial charge in [-0.25, -0.2) is 10.1 Å². The number of H-pyrrole nitrogens is 1. The van der Waals surface area contributed by atoms with E-state index in [0.717, 1.165) is 0 Å². The third kappa shape index (κ3) is 0.967. The zero-order valence-corrected chi connectivity index (χ0v) is 6.67. The van der Waals surface area contributed by atoms with Gasteiger partial charge in [0.05, 0.1) is 11.6 Å². The van der Waals surface area contributed by atoms with E-state index in [-0.39, 0.29) is 5.56 Å². The first-order valence-electron chi connectivity index (χ1n) is 3.27. The molecule has 0 aliphatic carbocycles. The molecule has 60 valence electrons. The van der Waals surface area contributed by atoms with Gasteiger partial charge in [-0.05, 0) is 6.07 Å². The molecule has 2 heterocycles. The Morgan fingerprint density at radius 3 is 3.00 bits per heavy atom. The summed E-state index contributed by atoms with van der Waals surface area (Å²) < 4.78 is 0. The molecule has 12 heavy (non-hydrogen) atoms. The maximum absolute atomic E-state index is 11.1. The van der Waals surface area contributed by atoms with Crippen LogP contribution in [0, 0.1) is 0 Å². The Morgan fingerprint density at radius 2 is 2.25 bits per heavy atom. The van der Waals surface area contributed by atoms with Gasteiger partial charge in [0.2, 0.25) is 0 Å². The van der Waals surface area contributed by atoms with Gasteiger partial charge in [-0.3, -0.25) is 4.79 Å². The number of fused-ring (bicyclic) bond motifs is 1. The lowest BCUT2D eigenvalue weighted by Gasteiger charge is -1.95. The van der Waals surface area contributed by atoms with Gasteiger partial charge >= 0.3 is 0 Å². The molecule has 0 aliphatic heterocycles. The summed E-state index contributed by atoms with van der Waals surface area (Å²) in [5, 5.41) is 7.29. The van der Waals surface area contributed by atoms with E-state index in [2.05, 4.69) is 15.2 Å². The lowest BCUT2D eigenvalue weighted by atomic mass is 10.2. The van der Waals surface area contributed by atoms with Gasteiger partial charge < -0.3 is 0 Å². The quantitative estimate of drug-likeness (QED) is 0.617. The molecule has 2 rings (SSSR count). The molecule has 4 nitrogen and oxygen atoms in total. The van der Waals surface area contributed by atoms with E-state index in [1.54, 1.807) is 6.07 Å². The molecule has 1 N–H and O–H groups in total. The monoisotopic (exact) mass is 181 g/mol. The van der Waals surface area contributed by atoms with Crippen LogP contribution in [0.5, 0.6) is 0 Å². The highest BCUT2D eigenvalue weighted by molar-refractivity contribution is 6.34. The number of hydrogen-bond donors (Lipinski definition) is 1. The van der Waals surface area contributed by atoms with E-state index < -0.39 is 0 Å². The lowest BCUT2D eigenvalue weighted by Crippen LogP contribution is -2.07. The number of hydrogen-bond acceptors (Lipinski definition) is 3. The zero-order valence-electron chi connectivity index (χ0n) is 5.91. The van der Waals surface area contributed by atoms with Crippen LogP contribution in [0.25, 0.3) is 10.8 Å². The third-order valence-corrected chi connectivity index (χ3v) is 1.85. The summed E-state index contributed by atoms with van der Waals surface area (Å²) in [7, 11) is 0. The second-order valence-corrected chi connectivity index (χ2v) is 2.62. The van der Waals surface area contributed by atoms with Crippen molar-refractivity contribution in [1.82, 2.24) is 15.2 Å². The first-order chi connectivity index (χ1) is 5.79. The smallest absolute Gasteiger partial charge is 0.267 e. The molecule has 5 heteroatoms. The van der Waals surface area contributed by atoms with Crippen molar-refractivity contribution in [2.75, 3.05) is 0 Å². The average molecular weight is 182 g/mol. The summed E-state index contributed by atoms with van der Waals surface area (Å²) in [6.45, 7) is 0. The number of rotatable bonds is 0. The molecule has 2 aromatic heterocycles. The number of aromatic amines is 1. The Kier molecular flexibility index (Phi) is 1.55. The van der Waals surface area contributed by atoms with Crippen LogP contribution in [0.3, 0.4) is 0 Å². The summed E-state index contributed by atoms with van der Waals surface area (Å²) in [4.78, 5) is 14.9. The standard InChI is InChI=1S/C7H4ClN3O/c8-6-5-3-10-11-7(12)4(5)1-2-9-6/h1-3H,(H,11,12). The molecule has 0 aromatic carbocycles. The number of pyridine rings is 1. The van der Waals surface area contributed by atoms with Gasteiger partial charge in [0.25, 0.3) is 5.56 Å². The molecule has 0 unspecified atom stereocenters. The molecule has 0 aliphatic rings. The van der Waals surface area contributed by atoms with E-state index in [9.17, 15) is 4.79 Å². The van der Waals surface area contributed by atoms with E-state index in [0.29, 0.717) is 15.9 Å². The molecule has 0 bridgehead atoms. The second-order valence-electron chi connectivity index (χ2n) is 2.26. The fraction of sp³-hybridized carbons (Fsp3) is 0. The predicted molar refractivity (Wildman–Crippen MR) is 45.2 cm³/mol. The van der Waals surface area contributed by atoms with E-state index in [1.807, 2.05) is 0 Å². The van der Waals surface area contributed by atoms with Crippen LogP contribution in [-0.2, 0) is 0 Å². The Hall–Kier alpha value is -1.42. The van der Waals surface area contributed by atoms with Gasteiger partial charge in [-0.2, -0.15) is 5.10 Å². The van der Waals surface area contributed by atoms with Crippen LogP contribution in [0.2, 0.25) is 5.15 Å². The minimum Gasteiger partial charge on any atom is -0.267 e. The SMILES string of the molecule is O=c1[nH]ncc2c(Cl)nccc12. The van der Waals surface area contributed by atoms with Crippen LogP contribution in [0.4, 0.5) is 0 Å². The van der Waals surface area contributed by atoms with Crippen LogP contribution < -0.4 is 5.56 Å². The van der Waals surface area contributed by atoms with Crippen molar-refractivity contribution in [2.24, 2.45) is 0 Å². The topological polar surface area (TPSA) is 58.6 Å². The molecule has 0 amide bonds. The van der Waals surface area contributed by atoms with Crippen LogP contribution in [0.1, 0.15) is 0 Å². The molecule has 0 atom stereocenters. The summed E-state index contributed by atoms with van der Waals surface area (Å²) in [5.74, 6) is 0. The number of aromatic nitrogens is 3. The molecule has 0 spiro atoms. The van der Waals surface area contributed by atoms with Crippen molar-refractivity contribution >= 4 is 22.4 Å². The zero-order chi connectivity index (χ0) is 8.55. The molecule has 0 radical (unpaired) electrons. The van der Waals surface area contributed by atoms with Crippen molar-refractivity contribution < 1.29 is 0 Å². The highest BCUT2D eigenvalue weighted by Crippen LogP contribution is 2.15.